The first-order valence-electron chi connectivity index (χ1n) is 7.55. The van der Waals surface area contributed by atoms with Gasteiger partial charge in [0.15, 0.2) is 0 Å². The summed E-state index contributed by atoms with van der Waals surface area (Å²) < 4.78 is 5.61. The van der Waals surface area contributed by atoms with Crippen molar-refractivity contribution in [2.75, 3.05) is 6.61 Å². The minimum Gasteiger partial charge on any atom is -0.493 e. The van der Waals surface area contributed by atoms with E-state index in [0.29, 0.717) is 6.61 Å². The van der Waals surface area contributed by atoms with Gasteiger partial charge in [0.05, 0.1) is 12.6 Å². The molecule has 0 bridgehead atoms. The third kappa shape index (κ3) is 3.28. The zero-order valence-electron chi connectivity index (χ0n) is 12.4. The highest BCUT2D eigenvalue weighted by Gasteiger charge is 2.23. The molecule has 0 radical (unpaired) electrons. The monoisotopic (exact) mass is 296 g/mol. The van der Waals surface area contributed by atoms with Crippen molar-refractivity contribution in [2.45, 2.75) is 24.9 Å². The Hall–Kier alpha value is -2.33. The first kappa shape index (κ1) is 14.6. The molecule has 0 spiro atoms. The zero-order chi connectivity index (χ0) is 15.4. The van der Waals surface area contributed by atoms with E-state index >= 15 is 0 Å². The lowest BCUT2D eigenvalue weighted by atomic mass is 9.99. The van der Waals surface area contributed by atoms with Crippen LogP contribution in [0, 0.1) is 0 Å². The minimum atomic E-state index is -0.281. The fraction of sp³-hybridized carbons (Fsp3) is 0.278. The summed E-state index contributed by atoms with van der Waals surface area (Å²) in [5.41, 5.74) is 8.12. The van der Waals surface area contributed by atoms with Crippen LogP contribution in [0.2, 0.25) is 0 Å². The first-order chi connectivity index (χ1) is 10.7. The first-order valence-corrected chi connectivity index (χ1v) is 7.55. The Morgan fingerprint density at radius 3 is 2.73 bits per heavy atom. The highest BCUT2D eigenvalue weighted by atomic mass is 16.5. The van der Waals surface area contributed by atoms with Crippen molar-refractivity contribution < 1.29 is 9.53 Å². The molecule has 114 valence electrons. The quantitative estimate of drug-likeness (QED) is 0.911. The van der Waals surface area contributed by atoms with E-state index in [0.717, 1.165) is 23.3 Å². The van der Waals surface area contributed by atoms with E-state index in [-0.39, 0.29) is 24.4 Å². The number of carbonyl (C=O) groups excluding carboxylic acids is 1. The van der Waals surface area contributed by atoms with Gasteiger partial charge >= 0.3 is 0 Å². The van der Waals surface area contributed by atoms with Gasteiger partial charge in [-0.2, -0.15) is 0 Å². The van der Waals surface area contributed by atoms with E-state index in [1.807, 2.05) is 54.6 Å². The predicted octanol–water partition coefficient (Wildman–Crippen LogP) is 2.72. The van der Waals surface area contributed by atoms with Crippen LogP contribution in [0.4, 0.5) is 0 Å². The number of nitrogens with two attached hydrogens (primary N) is 1. The molecule has 2 aromatic carbocycles. The second-order valence-corrected chi connectivity index (χ2v) is 5.52. The van der Waals surface area contributed by atoms with Crippen molar-refractivity contribution in [2.24, 2.45) is 5.73 Å². The molecule has 2 aromatic rings. The maximum Gasteiger partial charge on any atom is 0.222 e. The Balaban J connectivity index is 1.63. The molecule has 2 atom stereocenters. The van der Waals surface area contributed by atoms with Gasteiger partial charge in [-0.25, -0.2) is 0 Å². The predicted molar refractivity (Wildman–Crippen MR) is 85.4 cm³/mol. The normalized spacial score (nSPS) is 18.0. The van der Waals surface area contributed by atoms with E-state index in [2.05, 4.69) is 5.32 Å². The number of carbonyl (C=O) groups is 1. The molecule has 0 aliphatic carbocycles. The van der Waals surface area contributed by atoms with Crippen LogP contribution in [0.25, 0.3) is 0 Å². The molecular formula is C18H20N2O2. The Labute approximate surface area is 130 Å². The number of benzene rings is 2. The lowest BCUT2D eigenvalue weighted by Gasteiger charge is -2.27. The number of amides is 1. The molecule has 1 aliphatic heterocycles. The molecule has 3 rings (SSSR count). The second-order valence-electron chi connectivity index (χ2n) is 5.52. The number of rotatable bonds is 4. The van der Waals surface area contributed by atoms with Crippen molar-refractivity contribution in [3.8, 4) is 5.75 Å². The topological polar surface area (TPSA) is 64.4 Å². The summed E-state index contributed by atoms with van der Waals surface area (Å²) in [6, 6.07) is 17.2. The standard InChI is InChI=1S/C18H20N2O2/c19-15(13-6-2-1-3-7-13)12-18(21)20-16-10-11-22-17-9-5-4-8-14(16)17/h1-9,15-16H,10-12,19H2,(H,20,21). The van der Waals surface area contributed by atoms with Crippen LogP contribution in [0.5, 0.6) is 5.75 Å². The van der Waals surface area contributed by atoms with Crippen LogP contribution < -0.4 is 15.8 Å². The van der Waals surface area contributed by atoms with Gasteiger partial charge in [0.25, 0.3) is 0 Å². The van der Waals surface area contributed by atoms with E-state index in [9.17, 15) is 4.79 Å². The Bertz CT molecular complexity index is 643. The van der Waals surface area contributed by atoms with Gasteiger partial charge in [-0.1, -0.05) is 48.5 Å². The van der Waals surface area contributed by atoms with Crippen molar-refractivity contribution >= 4 is 5.91 Å². The van der Waals surface area contributed by atoms with Crippen molar-refractivity contribution in [3.63, 3.8) is 0 Å². The van der Waals surface area contributed by atoms with Gasteiger partial charge in [0.1, 0.15) is 5.75 Å². The molecule has 2 unspecified atom stereocenters. The summed E-state index contributed by atoms with van der Waals surface area (Å²) >= 11 is 0. The molecule has 0 saturated carbocycles. The van der Waals surface area contributed by atoms with E-state index in [4.69, 9.17) is 10.5 Å². The zero-order valence-corrected chi connectivity index (χ0v) is 12.4. The highest BCUT2D eigenvalue weighted by Crippen LogP contribution is 2.31. The molecule has 4 nitrogen and oxygen atoms in total. The molecule has 4 heteroatoms. The van der Waals surface area contributed by atoms with Crippen molar-refractivity contribution in [1.29, 1.82) is 0 Å². The Kier molecular flexibility index (Phi) is 4.39. The molecule has 1 heterocycles. The van der Waals surface area contributed by atoms with Gasteiger partial charge < -0.3 is 15.8 Å². The number of nitrogens with one attached hydrogen (secondary N) is 1. The van der Waals surface area contributed by atoms with E-state index in [1.54, 1.807) is 0 Å². The van der Waals surface area contributed by atoms with Gasteiger partial charge in [0.2, 0.25) is 5.91 Å². The fourth-order valence-corrected chi connectivity index (χ4v) is 2.76. The summed E-state index contributed by atoms with van der Waals surface area (Å²) in [5, 5.41) is 3.08. The van der Waals surface area contributed by atoms with Gasteiger partial charge in [0, 0.05) is 24.4 Å². The SMILES string of the molecule is NC(CC(=O)NC1CCOc2ccccc21)c1ccccc1. The number of hydrogen-bond acceptors (Lipinski definition) is 3. The lowest BCUT2D eigenvalue weighted by Crippen LogP contribution is -2.33. The van der Waals surface area contributed by atoms with E-state index < -0.39 is 0 Å². The Morgan fingerprint density at radius 1 is 1.18 bits per heavy atom. The van der Waals surface area contributed by atoms with Crippen LogP contribution in [-0.4, -0.2) is 12.5 Å². The second kappa shape index (κ2) is 6.62. The Morgan fingerprint density at radius 2 is 1.91 bits per heavy atom. The third-order valence-electron chi connectivity index (χ3n) is 3.93. The lowest BCUT2D eigenvalue weighted by molar-refractivity contribution is -0.122. The van der Waals surface area contributed by atoms with Gasteiger partial charge in [-0.15, -0.1) is 0 Å². The van der Waals surface area contributed by atoms with Crippen LogP contribution in [-0.2, 0) is 4.79 Å². The largest absolute Gasteiger partial charge is 0.493 e. The summed E-state index contributed by atoms with van der Waals surface area (Å²) in [7, 11) is 0. The van der Waals surface area contributed by atoms with Gasteiger partial charge in [-0.3, -0.25) is 4.79 Å². The summed E-state index contributed by atoms with van der Waals surface area (Å²) in [6.45, 7) is 0.618. The number of fused-ring (bicyclic) bond motifs is 1. The van der Waals surface area contributed by atoms with Crippen molar-refractivity contribution in [3.05, 3.63) is 65.7 Å². The third-order valence-corrected chi connectivity index (χ3v) is 3.93. The molecule has 22 heavy (non-hydrogen) atoms. The summed E-state index contributed by atoms with van der Waals surface area (Å²) in [5.74, 6) is 0.824. The maximum atomic E-state index is 12.3. The average Bonchev–Trinajstić information content (AvgIpc) is 2.56. The number of para-hydroxylation sites is 1. The molecule has 0 fully saturated rings. The number of ether oxygens (including phenoxy) is 1. The molecule has 0 aromatic heterocycles. The van der Waals surface area contributed by atoms with Crippen molar-refractivity contribution in [1.82, 2.24) is 5.32 Å². The van der Waals surface area contributed by atoms with Crippen LogP contribution in [0.3, 0.4) is 0 Å². The molecule has 1 aliphatic rings. The minimum absolute atomic E-state index is 0.000392. The summed E-state index contributed by atoms with van der Waals surface area (Å²) in [6.07, 6.45) is 1.06. The van der Waals surface area contributed by atoms with E-state index in [1.165, 1.54) is 0 Å². The average molecular weight is 296 g/mol. The molecular weight excluding hydrogens is 276 g/mol. The molecule has 0 saturated heterocycles. The molecule has 1 amide bonds. The van der Waals surface area contributed by atoms with Crippen LogP contribution in [0.1, 0.15) is 36.1 Å². The van der Waals surface area contributed by atoms with Gasteiger partial charge in [-0.05, 0) is 11.6 Å². The van der Waals surface area contributed by atoms with Crippen LogP contribution >= 0.6 is 0 Å². The van der Waals surface area contributed by atoms with Crippen LogP contribution in [0.15, 0.2) is 54.6 Å². The molecule has 3 N–H and O–H groups in total. The fourth-order valence-electron chi connectivity index (χ4n) is 2.76. The maximum absolute atomic E-state index is 12.3. The summed E-state index contributed by atoms with van der Waals surface area (Å²) in [4.78, 5) is 12.3. The number of hydrogen-bond donors (Lipinski definition) is 2. The highest BCUT2D eigenvalue weighted by molar-refractivity contribution is 5.77. The smallest absolute Gasteiger partial charge is 0.222 e.